The molecule has 4 rings (SSSR count). The molecule has 1 aromatic carbocycles. The number of para-hydroxylation sites is 1. The number of thioether (sulfide) groups is 1. The second-order valence-corrected chi connectivity index (χ2v) is 6.72. The Kier molecular flexibility index (Phi) is 4.00. The monoisotopic (exact) mass is 368 g/mol. The highest BCUT2D eigenvalue weighted by molar-refractivity contribution is 7.98. The number of hydrogen-bond acceptors (Lipinski definition) is 5. The molecule has 8 nitrogen and oxygen atoms in total. The Balaban J connectivity index is 1.68. The van der Waals surface area contributed by atoms with Crippen molar-refractivity contribution in [3.05, 3.63) is 69.4 Å². The van der Waals surface area contributed by atoms with Gasteiger partial charge in [-0.1, -0.05) is 30.0 Å². The minimum atomic E-state index is -0.473. The number of aromatic nitrogens is 6. The zero-order valence-corrected chi connectivity index (χ0v) is 15.0. The van der Waals surface area contributed by atoms with Crippen molar-refractivity contribution in [3.8, 4) is 5.69 Å². The summed E-state index contributed by atoms with van der Waals surface area (Å²) in [5.74, 6) is 1.21. The third-order valence-electron chi connectivity index (χ3n) is 4.20. The number of rotatable bonds is 4. The molecule has 26 heavy (non-hydrogen) atoms. The van der Waals surface area contributed by atoms with Gasteiger partial charge in [0.1, 0.15) is 5.82 Å². The Bertz CT molecular complexity index is 1200. The van der Waals surface area contributed by atoms with Crippen LogP contribution in [0.15, 0.2) is 57.5 Å². The Morgan fingerprint density at radius 1 is 1.12 bits per heavy atom. The molecule has 4 aromatic rings. The maximum Gasteiger partial charge on any atom is 0.329 e. The molecule has 0 bridgehead atoms. The summed E-state index contributed by atoms with van der Waals surface area (Å²) in [5.41, 5.74) is 0.883. The van der Waals surface area contributed by atoms with E-state index in [1.807, 2.05) is 41.1 Å². The molecule has 0 amide bonds. The van der Waals surface area contributed by atoms with E-state index in [0.717, 1.165) is 10.8 Å². The summed E-state index contributed by atoms with van der Waals surface area (Å²) < 4.78 is 5.06. The smallest absolute Gasteiger partial charge is 0.325 e. The van der Waals surface area contributed by atoms with E-state index >= 15 is 0 Å². The molecule has 9 heteroatoms. The fourth-order valence-electron chi connectivity index (χ4n) is 2.79. The van der Waals surface area contributed by atoms with Gasteiger partial charge in [-0.15, -0.1) is 0 Å². The minimum Gasteiger partial charge on any atom is -0.325 e. The van der Waals surface area contributed by atoms with Crippen LogP contribution in [0.25, 0.3) is 16.9 Å². The summed E-state index contributed by atoms with van der Waals surface area (Å²) in [5, 5.41) is 0.825. The van der Waals surface area contributed by atoms with Crippen molar-refractivity contribution in [2.75, 3.05) is 0 Å². The SMILES string of the molecule is Cn1c(CSc2nccn2-c2ccccc2)nc2c1c(=O)[nH]c(=O)n2C. The Morgan fingerprint density at radius 2 is 1.88 bits per heavy atom. The highest BCUT2D eigenvalue weighted by Crippen LogP contribution is 2.24. The summed E-state index contributed by atoms with van der Waals surface area (Å²) in [6.07, 6.45) is 3.65. The maximum atomic E-state index is 12.1. The van der Waals surface area contributed by atoms with Gasteiger partial charge in [0.2, 0.25) is 0 Å². The molecule has 0 atom stereocenters. The first-order valence-corrected chi connectivity index (χ1v) is 8.91. The predicted octanol–water partition coefficient (Wildman–Crippen LogP) is 1.44. The zero-order chi connectivity index (χ0) is 18.3. The van der Waals surface area contributed by atoms with Crippen LogP contribution in [0.5, 0.6) is 0 Å². The molecule has 0 saturated heterocycles. The lowest BCUT2D eigenvalue weighted by Crippen LogP contribution is -2.29. The predicted molar refractivity (Wildman–Crippen MR) is 99.7 cm³/mol. The van der Waals surface area contributed by atoms with Crippen molar-refractivity contribution in [3.63, 3.8) is 0 Å². The fourth-order valence-corrected chi connectivity index (χ4v) is 3.75. The number of hydrogen-bond donors (Lipinski definition) is 1. The fraction of sp³-hybridized carbons (Fsp3) is 0.176. The van der Waals surface area contributed by atoms with Gasteiger partial charge < -0.3 is 4.57 Å². The van der Waals surface area contributed by atoms with Crippen molar-refractivity contribution in [1.82, 2.24) is 28.7 Å². The van der Waals surface area contributed by atoms with E-state index in [1.165, 1.54) is 16.3 Å². The number of nitrogens with one attached hydrogen (secondary N) is 1. The largest absolute Gasteiger partial charge is 0.329 e. The lowest BCUT2D eigenvalue weighted by Gasteiger charge is -2.07. The van der Waals surface area contributed by atoms with E-state index in [4.69, 9.17) is 0 Å². The molecule has 0 fully saturated rings. The van der Waals surface area contributed by atoms with Gasteiger partial charge in [-0.2, -0.15) is 0 Å². The van der Waals surface area contributed by atoms with Gasteiger partial charge in [-0.3, -0.25) is 18.9 Å². The van der Waals surface area contributed by atoms with Crippen LogP contribution in [0.3, 0.4) is 0 Å². The van der Waals surface area contributed by atoms with Crippen LogP contribution < -0.4 is 11.2 Å². The highest BCUT2D eigenvalue weighted by atomic mass is 32.2. The average Bonchev–Trinajstić information content (AvgIpc) is 3.23. The first-order chi connectivity index (χ1) is 12.6. The first-order valence-electron chi connectivity index (χ1n) is 7.92. The lowest BCUT2D eigenvalue weighted by molar-refractivity contribution is 0.829. The minimum absolute atomic E-state index is 0.378. The normalized spacial score (nSPS) is 11.3. The van der Waals surface area contributed by atoms with Gasteiger partial charge in [0.25, 0.3) is 5.56 Å². The molecule has 0 spiro atoms. The lowest BCUT2D eigenvalue weighted by atomic mass is 10.3. The van der Waals surface area contributed by atoms with Crippen molar-refractivity contribution in [2.24, 2.45) is 14.1 Å². The number of aryl methyl sites for hydroxylation is 2. The molecule has 3 heterocycles. The number of nitrogens with zero attached hydrogens (tertiary/aromatic N) is 5. The molecule has 132 valence electrons. The van der Waals surface area contributed by atoms with Crippen LogP contribution in [0, 0.1) is 0 Å². The number of H-pyrrole nitrogens is 1. The molecular formula is C17H16N6O2S. The molecule has 0 unspecified atom stereocenters. The molecule has 0 aliphatic heterocycles. The molecule has 1 N–H and O–H groups in total. The summed E-state index contributed by atoms with van der Waals surface area (Å²) in [6.45, 7) is 0. The quantitative estimate of drug-likeness (QED) is 0.551. The molecular weight excluding hydrogens is 352 g/mol. The number of fused-ring (bicyclic) bond motifs is 1. The molecule has 0 aliphatic rings. The van der Waals surface area contributed by atoms with Gasteiger partial charge in [0.15, 0.2) is 16.3 Å². The summed E-state index contributed by atoms with van der Waals surface area (Å²) >= 11 is 1.52. The second-order valence-electron chi connectivity index (χ2n) is 5.78. The highest BCUT2D eigenvalue weighted by Gasteiger charge is 2.16. The first kappa shape index (κ1) is 16.4. The van der Waals surface area contributed by atoms with Gasteiger partial charge in [-0.25, -0.2) is 14.8 Å². The summed E-state index contributed by atoms with van der Waals surface area (Å²) in [4.78, 5) is 35.1. The standard InChI is InChI=1S/C17H16N6O2S/c1-21-12(19-14-13(21)15(24)20-16(25)22(14)2)10-26-17-18-8-9-23(17)11-6-4-3-5-7-11/h3-9H,10H2,1-2H3,(H,20,24,25). The third-order valence-corrected chi connectivity index (χ3v) is 5.16. The van der Waals surface area contributed by atoms with Gasteiger partial charge >= 0.3 is 5.69 Å². The Labute approximate surface area is 152 Å². The van der Waals surface area contributed by atoms with Crippen molar-refractivity contribution >= 4 is 22.9 Å². The van der Waals surface area contributed by atoms with Gasteiger partial charge in [0, 0.05) is 32.2 Å². The van der Waals surface area contributed by atoms with Gasteiger partial charge in [0.05, 0.1) is 5.75 Å². The van der Waals surface area contributed by atoms with Gasteiger partial charge in [-0.05, 0) is 12.1 Å². The average molecular weight is 368 g/mol. The van der Waals surface area contributed by atoms with E-state index in [2.05, 4.69) is 15.0 Å². The van der Waals surface area contributed by atoms with Crippen LogP contribution in [0.1, 0.15) is 5.82 Å². The van der Waals surface area contributed by atoms with Crippen LogP contribution in [-0.4, -0.2) is 28.7 Å². The Morgan fingerprint density at radius 3 is 2.65 bits per heavy atom. The molecule has 0 saturated carbocycles. The van der Waals surface area contributed by atoms with Crippen LogP contribution in [-0.2, 0) is 19.8 Å². The van der Waals surface area contributed by atoms with E-state index in [-0.39, 0.29) is 0 Å². The Hall–Kier alpha value is -3.07. The van der Waals surface area contributed by atoms with Crippen molar-refractivity contribution < 1.29 is 0 Å². The van der Waals surface area contributed by atoms with E-state index in [0.29, 0.717) is 22.7 Å². The van der Waals surface area contributed by atoms with Crippen LogP contribution in [0.4, 0.5) is 0 Å². The van der Waals surface area contributed by atoms with Crippen molar-refractivity contribution in [2.45, 2.75) is 10.9 Å². The number of benzene rings is 1. The second kappa shape index (κ2) is 6.34. The maximum absolute atomic E-state index is 12.1. The molecule has 0 radical (unpaired) electrons. The molecule has 3 aromatic heterocycles. The zero-order valence-electron chi connectivity index (χ0n) is 14.2. The van der Waals surface area contributed by atoms with E-state index in [9.17, 15) is 9.59 Å². The topological polar surface area (TPSA) is 90.5 Å². The molecule has 0 aliphatic carbocycles. The van der Waals surface area contributed by atoms with Crippen LogP contribution in [0.2, 0.25) is 0 Å². The number of imidazole rings is 2. The van der Waals surface area contributed by atoms with E-state index in [1.54, 1.807) is 24.9 Å². The summed E-state index contributed by atoms with van der Waals surface area (Å²) in [6, 6.07) is 9.94. The number of aromatic amines is 1. The third kappa shape index (κ3) is 2.66. The van der Waals surface area contributed by atoms with Crippen LogP contribution >= 0.6 is 11.8 Å². The van der Waals surface area contributed by atoms with Crippen molar-refractivity contribution in [1.29, 1.82) is 0 Å². The summed E-state index contributed by atoms with van der Waals surface area (Å²) in [7, 11) is 3.36. The van der Waals surface area contributed by atoms with E-state index < -0.39 is 11.2 Å².